The highest BCUT2D eigenvalue weighted by Gasteiger charge is 2.49. The van der Waals surface area contributed by atoms with E-state index >= 15 is 0 Å². The van der Waals surface area contributed by atoms with Crippen LogP contribution in [0.4, 0.5) is 11.4 Å². The number of carbonyl (C=O) groups is 3. The molecule has 1 heterocycles. The zero-order valence-corrected chi connectivity index (χ0v) is 16.1. The summed E-state index contributed by atoms with van der Waals surface area (Å²) in [4.78, 5) is 36.1. The Morgan fingerprint density at radius 3 is 2.25 bits per heavy atom. The Labute approximate surface area is 162 Å². The number of hydrogen-bond acceptors (Lipinski definition) is 5. The summed E-state index contributed by atoms with van der Waals surface area (Å²) in [5.74, 6) is -1.89. The third-order valence-corrected chi connectivity index (χ3v) is 6.37. The summed E-state index contributed by atoms with van der Waals surface area (Å²) >= 11 is 0. The first kappa shape index (κ1) is 19.6. The molecule has 0 atom stereocenters. The quantitative estimate of drug-likeness (QED) is 0.807. The van der Waals surface area contributed by atoms with E-state index < -0.39 is 33.2 Å². The van der Waals surface area contributed by atoms with E-state index in [9.17, 15) is 22.8 Å². The second-order valence-corrected chi connectivity index (χ2v) is 8.97. The number of nitrogens with two attached hydrogens (primary N) is 1. The van der Waals surface area contributed by atoms with Crippen molar-refractivity contribution in [2.75, 3.05) is 15.4 Å². The first-order valence-corrected chi connectivity index (χ1v) is 10.0. The molecule has 2 aromatic carbocycles. The Morgan fingerprint density at radius 2 is 1.71 bits per heavy atom. The summed E-state index contributed by atoms with van der Waals surface area (Å²) in [7, 11) is -3.80. The molecule has 1 saturated heterocycles. The second kappa shape index (κ2) is 6.75. The molecule has 1 fully saturated rings. The van der Waals surface area contributed by atoms with E-state index in [1.807, 2.05) is 0 Å². The number of nitrogens with one attached hydrogen (secondary N) is 1. The lowest BCUT2D eigenvalue weighted by Gasteiger charge is -2.18. The number of primary amides is 1. The highest BCUT2D eigenvalue weighted by Crippen LogP contribution is 2.35. The lowest BCUT2D eigenvalue weighted by atomic mass is 9.95. The van der Waals surface area contributed by atoms with Gasteiger partial charge in [0.15, 0.2) is 0 Å². The van der Waals surface area contributed by atoms with Crippen LogP contribution in [0.3, 0.4) is 0 Å². The molecule has 1 aliphatic rings. The predicted molar refractivity (Wildman–Crippen MR) is 104 cm³/mol. The Bertz CT molecular complexity index is 1080. The number of carbonyl (C=O) groups excluding carboxylic acids is 3. The smallest absolute Gasteiger partial charge is 0.255 e. The largest absolute Gasteiger partial charge is 0.366 e. The van der Waals surface area contributed by atoms with E-state index in [2.05, 4.69) is 5.32 Å². The third kappa shape index (κ3) is 3.61. The zero-order chi connectivity index (χ0) is 20.7. The van der Waals surface area contributed by atoms with Gasteiger partial charge in [0.25, 0.3) is 5.91 Å². The van der Waals surface area contributed by atoms with Crippen LogP contribution in [-0.2, 0) is 14.8 Å². The van der Waals surface area contributed by atoms with Crippen molar-refractivity contribution < 1.29 is 22.8 Å². The number of rotatable bonds is 4. The summed E-state index contributed by atoms with van der Waals surface area (Å²) in [6.45, 7) is 3.14. The van der Waals surface area contributed by atoms with Crippen LogP contribution in [0.25, 0.3) is 0 Å². The number of amides is 3. The molecule has 146 valence electrons. The zero-order valence-electron chi connectivity index (χ0n) is 15.3. The monoisotopic (exact) mass is 401 g/mol. The molecule has 0 unspecified atom stereocenters. The molecule has 0 spiro atoms. The maximum Gasteiger partial charge on any atom is 0.255 e. The minimum atomic E-state index is -3.80. The molecule has 0 aromatic heterocycles. The fraction of sp³-hybridized carbons (Fsp3) is 0.211. The van der Waals surface area contributed by atoms with E-state index in [1.54, 1.807) is 13.8 Å². The van der Waals surface area contributed by atoms with Crippen molar-refractivity contribution in [3.8, 4) is 0 Å². The Kier molecular flexibility index (Phi) is 4.72. The van der Waals surface area contributed by atoms with Crippen molar-refractivity contribution in [1.82, 2.24) is 0 Å². The average Bonchev–Trinajstić information content (AvgIpc) is 2.78. The van der Waals surface area contributed by atoms with E-state index in [0.717, 1.165) is 4.31 Å². The van der Waals surface area contributed by atoms with Gasteiger partial charge in [0, 0.05) is 16.8 Å². The SMILES string of the molecule is CC1(C)CS(=O)(=O)N(c2cccc(C(=O)Nc3ccc(C(N)=O)cc3)c2)C1=O. The van der Waals surface area contributed by atoms with E-state index in [1.165, 1.54) is 48.5 Å². The summed E-state index contributed by atoms with van der Waals surface area (Å²) in [5, 5.41) is 2.65. The molecule has 2 aromatic rings. The van der Waals surface area contributed by atoms with Crippen LogP contribution >= 0.6 is 0 Å². The van der Waals surface area contributed by atoms with Gasteiger partial charge in [-0.15, -0.1) is 0 Å². The molecule has 3 N–H and O–H groups in total. The summed E-state index contributed by atoms with van der Waals surface area (Å²) < 4.78 is 25.6. The highest BCUT2D eigenvalue weighted by atomic mass is 32.2. The van der Waals surface area contributed by atoms with Crippen LogP contribution in [0.2, 0.25) is 0 Å². The Hall–Kier alpha value is -3.20. The van der Waals surface area contributed by atoms with E-state index in [4.69, 9.17) is 5.73 Å². The van der Waals surface area contributed by atoms with Gasteiger partial charge in [0.2, 0.25) is 21.8 Å². The van der Waals surface area contributed by atoms with Crippen molar-refractivity contribution in [1.29, 1.82) is 0 Å². The van der Waals surface area contributed by atoms with Crippen molar-refractivity contribution in [2.24, 2.45) is 11.1 Å². The number of benzene rings is 2. The highest BCUT2D eigenvalue weighted by molar-refractivity contribution is 7.94. The van der Waals surface area contributed by atoms with Crippen LogP contribution in [0.1, 0.15) is 34.6 Å². The molecule has 1 aliphatic heterocycles. The van der Waals surface area contributed by atoms with E-state index in [-0.39, 0.29) is 17.0 Å². The lowest BCUT2D eigenvalue weighted by Crippen LogP contribution is -2.33. The minimum absolute atomic E-state index is 0.118. The maximum atomic E-state index is 12.5. The van der Waals surface area contributed by atoms with Gasteiger partial charge in [-0.2, -0.15) is 0 Å². The fourth-order valence-electron chi connectivity index (χ4n) is 2.96. The molecule has 28 heavy (non-hydrogen) atoms. The standard InChI is InChI=1S/C19H19N3O5S/c1-19(2)11-28(26,27)22(18(19)25)15-5-3-4-13(10-15)17(24)21-14-8-6-12(7-9-14)16(20)23/h3-10H,11H2,1-2H3,(H2,20,23)(H,21,24). The van der Waals surface area contributed by atoms with Crippen LogP contribution < -0.4 is 15.4 Å². The van der Waals surface area contributed by atoms with Crippen LogP contribution in [-0.4, -0.2) is 31.9 Å². The Morgan fingerprint density at radius 1 is 1.07 bits per heavy atom. The Balaban J connectivity index is 1.86. The predicted octanol–water partition coefficient (Wildman–Crippen LogP) is 1.74. The molecular weight excluding hydrogens is 382 g/mol. The lowest BCUT2D eigenvalue weighted by molar-refractivity contribution is -0.123. The van der Waals surface area contributed by atoms with Crippen LogP contribution in [0.5, 0.6) is 0 Å². The topological polar surface area (TPSA) is 127 Å². The molecule has 0 radical (unpaired) electrons. The van der Waals surface area contributed by atoms with E-state index in [0.29, 0.717) is 11.3 Å². The number of sulfonamides is 1. The van der Waals surface area contributed by atoms with Crippen molar-refractivity contribution in [2.45, 2.75) is 13.8 Å². The molecule has 3 rings (SSSR count). The van der Waals surface area contributed by atoms with Crippen LogP contribution in [0.15, 0.2) is 48.5 Å². The third-order valence-electron chi connectivity index (χ3n) is 4.35. The van der Waals surface area contributed by atoms with Gasteiger partial charge < -0.3 is 11.1 Å². The van der Waals surface area contributed by atoms with Gasteiger partial charge in [-0.05, 0) is 56.3 Å². The van der Waals surface area contributed by atoms with Gasteiger partial charge >= 0.3 is 0 Å². The number of nitrogens with zero attached hydrogens (tertiary/aromatic N) is 1. The number of anilines is 2. The maximum absolute atomic E-state index is 12.5. The number of hydrogen-bond donors (Lipinski definition) is 2. The van der Waals surface area contributed by atoms with Gasteiger partial charge in [-0.1, -0.05) is 6.07 Å². The second-order valence-electron chi connectivity index (χ2n) is 7.16. The fourth-order valence-corrected chi connectivity index (χ4v) is 5.06. The normalized spacial score (nSPS) is 17.4. The molecule has 9 heteroatoms. The molecular formula is C19H19N3O5S. The molecule has 0 aliphatic carbocycles. The average molecular weight is 401 g/mol. The molecule has 0 saturated carbocycles. The van der Waals surface area contributed by atoms with Crippen molar-refractivity contribution in [3.63, 3.8) is 0 Å². The van der Waals surface area contributed by atoms with Crippen molar-refractivity contribution >= 4 is 39.1 Å². The van der Waals surface area contributed by atoms with Gasteiger partial charge in [0.1, 0.15) is 0 Å². The van der Waals surface area contributed by atoms with Crippen molar-refractivity contribution in [3.05, 3.63) is 59.7 Å². The van der Waals surface area contributed by atoms with Gasteiger partial charge in [-0.25, -0.2) is 12.7 Å². The molecule has 0 bridgehead atoms. The van der Waals surface area contributed by atoms with Crippen LogP contribution in [0, 0.1) is 5.41 Å². The van der Waals surface area contributed by atoms with Gasteiger partial charge in [-0.3, -0.25) is 14.4 Å². The molecule has 8 nitrogen and oxygen atoms in total. The first-order valence-electron chi connectivity index (χ1n) is 8.40. The summed E-state index contributed by atoms with van der Waals surface area (Å²) in [6, 6.07) is 11.8. The molecule has 3 amide bonds. The minimum Gasteiger partial charge on any atom is -0.366 e. The first-order chi connectivity index (χ1) is 13.0. The summed E-state index contributed by atoms with van der Waals surface area (Å²) in [6.07, 6.45) is 0. The van der Waals surface area contributed by atoms with Gasteiger partial charge in [0.05, 0.1) is 16.9 Å². The summed E-state index contributed by atoms with van der Waals surface area (Å²) in [5.41, 5.74) is 5.19.